The van der Waals surface area contributed by atoms with E-state index in [1.807, 2.05) is 20.8 Å². The van der Waals surface area contributed by atoms with Crippen LogP contribution >= 0.6 is 0 Å². The number of rotatable bonds is 5. The van der Waals surface area contributed by atoms with Gasteiger partial charge in [0, 0.05) is 5.56 Å². The maximum absolute atomic E-state index is 5.41. The van der Waals surface area contributed by atoms with Crippen molar-refractivity contribution >= 4 is 0 Å². The van der Waals surface area contributed by atoms with Gasteiger partial charge in [0.25, 0.3) is 0 Å². The highest BCUT2D eigenvalue weighted by Crippen LogP contribution is 2.17. The molecule has 0 unspecified atom stereocenters. The predicted octanol–water partition coefficient (Wildman–Crippen LogP) is 2.39. The summed E-state index contributed by atoms with van der Waals surface area (Å²) in [6, 6.07) is 0. The Labute approximate surface area is 78.6 Å². The largest absolute Gasteiger partial charge is 0.488 e. The lowest BCUT2D eigenvalue weighted by molar-refractivity contribution is 0.0550. The quantitative estimate of drug-likeness (QED) is 0.658. The van der Waals surface area contributed by atoms with Crippen LogP contribution in [0.3, 0.4) is 0 Å². The second kappa shape index (κ2) is 4.92. The van der Waals surface area contributed by atoms with Crippen molar-refractivity contribution in [3.8, 4) is 5.75 Å². The van der Waals surface area contributed by atoms with Gasteiger partial charge in [-0.3, -0.25) is 0 Å². The molecule has 0 aromatic carbocycles. The molecule has 0 N–H and O–H groups in total. The van der Waals surface area contributed by atoms with Gasteiger partial charge in [-0.2, -0.15) is 0 Å². The highest BCUT2D eigenvalue weighted by Gasteiger charge is 2.01. The molecule has 0 saturated heterocycles. The topological polar surface area (TPSA) is 31.6 Å². The summed E-state index contributed by atoms with van der Waals surface area (Å²) in [5.41, 5.74) is 1.02. The fourth-order valence-corrected chi connectivity index (χ4v) is 0.932. The minimum Gasteiger partial charge on any atom is -0.488 e. The van der Waals surface area contributed by atoms with Crippen molar-refractivity contribution in [2.45, 2.75) is 26.9 Å². The van der Waals surface area contributed by atoms with Gasteiger partial charge in [-0.05, 0) is 20.8 Å². The Hall–Kier alpha value is -0.960. The molecule has 74 valence electrons. The van der Waals surface area contributed by atoms with E-state index in [-0.39, 0.29) is 6.10 Å². The number of hydrogen-bond donors (Lipinski definition) is 0. The second-order valence-electron chi connectivity index (χ2n) is 3.19. The highest BCUT2D eigenvalue weighted by atomic mass is 16.5. The van der Waals surface area contributed by atoms with Crippen LogP contribution < -0.4 is 4.74 Å². The van der Waals surface area contributed by atoms with E-state index >= 15 is 0 Å². The zero-order chi connectivity index (χ0) is 9.68. The molecule has 0 bridgehead atoms. The number of aryl methyl sites for hydroxylation is 1. The molecule has 0 radical (unpaired) electrons. The van der Waals surface area contributed by atoms with E-state index in [1.54, 1.807) is 12.5 Å². The normalized spacial score (nSPS) is 10.8. The Morgan fingerprint density at radius 1 is 1.31 bits per heavy atom. The molecule has 3 heteroatoms. The average Bonchev–Trinajstić information content (AvgIpc) is 2.45. The van der Waals surface area contributed by atoms with Gasteiger partial charge >= 0.3 is 0 Å². The van der Waals surface area contributed by atoms with E-state index in [1.165, 1.54) is 0 Å². The summed E-state index contributed by atoms with van der Waals surface area (Å²) in [6.07, 6.45) is 3.53. The molecule has 1 aromatic rings. The van der Waals surface area contributed by atoms with Gasteiger partial charge in [-0.15, -0.1) is 0 Å². The molecule has 0 amide bonds. The van der Waals surface area contributed by atoms with Crippen LogP contribution in [0.15, 0.2) is 16.9 Å². The number of hydrogen-bond acceptors (Lipinski definition) is 3. The smallest absolute Gasteiger partial charge is 0.160 e. The van der Waals surface area contributed by atoms with E-state index in [0.29, 0.717) is 13.2 Å². The van der Waals surface area contributed by atoms with E-state index in [9.17, 15) is 0 Å². The lowest BCUT2D eigenvalue weighted by Gasteiger charge is -2.08. The van der Waals surface area contributed by atoms with Crippen molar-refractivity contribution < 1.29 is 13.9 Å². The number of furan rings is 1. The van der Waals surface area contributed by atoms with Crippen LogP contribution in [0, 0.1) is 6.92 Å². The number of ether oxygens (including phenoxy) is 2. The Morgan fingerprint density at radius 2 is 2.08 bits per heavy atom. The van der Waals surface area contributed by atoms with Crippen molar-refractivity contribution in [3.63, 3.8) is 0 Å². The fraction of sp³-hybridized carbons (Fsp3) is 0.600. The molecule has 0 aliphatic heterocycles. The van der Waals surface area contributed by atoms with Crippen LogP contribution in [0.2, 0.25) is 0 Å². The Morgan fingerprint density at radius 3 is 2.62 bits per heavy atom. The minimum absolute atomic E-state index is 0.258. The van der Waals surface area contributed by atoms with Gasteiger partial charge in [-0.25, -0.2) is 0 Å². The SMILES string of the molecule is Cc1cocc1OCCOC(C)C. The Kier molecular flexibility index (Phi) is 3.83. The lowest BCUT2D eigenvalue weighted by Crippen LogP contribution is -2.11. The summed E-state index contributed by atoms with van der Waals surface area (Å²) in [7, 11) is 0. The monoisotopic (exact) mass is 184 g/mol. The first-order chi connectivity index (χ1) is 6.20. The van der Waals surface area contributed by atoms with Crippen LogP contribution in [0.5, 0.6) is 5.75 Å². The van der Waals surface area contributed by atoms with E-state index in [2.05, 4.69) is 0 Å². The molecule has 0 saturated carbocycles. The molecule has 0 atom stereocenters. The molecule has 0 aliphatic rings. The lowest BCUT2D eigenvalue weighted by atomic mass is 10.4. The molecule has 0 spiro atoms. The van der Waals surface area contributed by atoms with Gasteiger partial charge in [-0.1, -0.05) is 0 Å². The van der Waals surface area contributed by atoms with Gasteiger partial charge in [0.15, 0.2) is 5.75 Å². The average molecular weight is 184 g/mol. The van der Waals surface area contributed by atoms with Crippen molar-refractivity contribution in [1.29, 1.82) is 0 Å². The Balaban J connectivity index is 2.17. The van der Waals surface area contributed by atoms with E-state index in [4.69, 9.17) is 13.9 Å². The van der Waals surface area contributed by atoms with E-state index in [0.717, 1.165) is 11.3 Å². The molecule has 3 nitrogen and oxygen atoms in total. The Bertz CT molecular complexity index is 240. The van der Waals surface area contributed by atoms with E-state index < -0.39 is 0 Å². The van der Waals surface area contributed by atoms with Crippen molar-refractivity contribution in [1.82, 2.24) is 0 Å². The summed E-state index contributed by atoms with van der Waals surface area (Å²) < 4.78 is 15.7. The summed E-state index contributed by atoms with van der Waals surface area (Å²) in [5.74, 6) is 0.798. The maximum atomic E-state index is 5.41. The van der Waals surface area contributed by atoms with Crippen molar-refractivity contribution in [3.05, 3.63) is 18.1 Å². The third-order valence-corrected chi connectivity index (χ3v) is 1.60. The van der Waals surface area contributed by atoms with Gasteiger partial charge in [0.05, 0.1) is 19.0 Å². The van der Waals surface area contributed by atoms with Crippen LogP contribution in [0.25, 0.3) is 0 Å². The first-order valence-electron chi connectivity index (χ1n) is 4.47. The van der Waals surface area contributed by atoms with Gasteiger partial charge < -0.3 is 13.9 Å². The standard InChI is InChI=1S/C10H16O3/c1-8(2)12-4-5-13-10-7-11-6-9(10)3/h6-8H,4-5H2,1-3H3. The molecule has 1 aromatic heterocycles. The first kappa shape index (κ1) is 10.1. The summed E-state index contributed by atoms with van der Waals surface area (Å²) in [6.45, 7) is 7.13. The van der Waals surface area contributed by atoms with Crippen LogP contribution in [-0.2, 0) is 4.74 Å². The minimum atomic E-state index is 0.258. The molecule has 0 fully saturated rings. The summed E-state index contributed by atoms with van der Waals surface area (Å²) >= 11 is 0. The molecular weight excluding hydrogens is 168 g/mol. The van der Waals surface area contributed by atoms with Gasteiger partial charge in [0.2, 0.25) is 0 Å². The van der Waals surface area contributed by atoms with Crippen molar-refractivity contribution in [2.75, 3.05) is 13.2 Å². The molecule has 1 heterocycles. The van der Waals surface area contributed by atoms with Gasteiger partial charge in [0.1, 0.15) is 12.9 Å². The fourth-order valence-electron chi connectivity index (χ4n) is 0.932. The van der Waals surface area contributed by atoms with Crippen LogP contribution in [0.4, 0.5) is 0 Å². The third kappa shape index (κ3) is 3.51. The highest BCUT2D eigenvalue weighted by molar-refractivity contribution is 5.25. The van der Waals surface area contributed by atoms with Crippen molar-refractivity contribution in [2.24, 2.45) is 0 Å². The molecular formula is C10H16O3. The summed E-state index contributed by atoms with van der Waals surface area (Å²) in [5, 5.41) is 0. The van der Waals surface area contributed by atoms with Crippen LogP contribution in [-0.4, -0.2) is 19.3 Å². The third-order valence-electron chi connectivity index (χ3n) is 1.60. The van der Waals surface area contributed by atoms with Crippen LogP contribution in [0.1, 0.15) is 19.4 Å². The first-order valence-corrected chi connectivity index (χ1v) is 4.47. The molecule has 13 heavy (non-hydrogen) atoms. The second-order valence-corrected chi connectivity index (χ2v) is 3.19. The zero-order valence-electron chi connectivity index (χ0n) is 8.37. The summed E-state index contributed by atoms with van der Waals surface area (Å²) in [4.78, 5) is 0. The molecule has 0 aliphatic carbocycles. The maximum Gasteiger partial charge on any atom is 0.160 e. The zero-order valence-corrected chi connectivity index (χ0v) is 8.37. The predicted molar refractivity (Wildman–Crippen MR) is 50.0 cm³/mol. The molecule has 1 rings (SSSR count).